The minimum Gasteiger partial charge on any atom is -0.493 e. The van der Waals surface area contributed by atoms with Crippen LogP contribution in [-0.2, 0) is 12.6 Å². The van der Waals surface area contributed by atoms with E-state index in [0.717, 1.165) is 11.3 Å². The first kappa shape index (κ1) is 13.4. The first-order valence-electron chi connectivity index (χ1n) is 6.75. The Morgan fingerprint density at radius 1 is 1.43 bits per heavy atom. The van der Waals surface area contributed by atoms with Crippen molar-refractivity contribution in [2.75, 3.05) is 11.9 Å². The Hall–Kier alpha value is -2.57. The summed E-state index contributed by atoms with van der Waals surface area (Å²) in [5.41, 5.74) is 0.514. The summed E-state index contributed by atoms with van der Waals surface area (Å²) in [4.78, 5) is 12.2. The number of rotatable bonds is 2. The molecule has 0 saturated carbocycles. The average molecular weight is 287 g/mol. The maximum atomic E-state index is 12.2. The van der Waals surface area contributed by atoms with Crippen LogP contribution >= 0.6 is 0 Å². The number of hydrogen-bond acceptors (Lipinski definition) is 4. The van der Waals surface area contributed by atoms with Crippen molar-refractivity contribution in [3.8, 4) is 5.75 Å². The van der Waals surface area contributed by atoms with Crippen LogP contribution in [0.4, 0.5) is 10.6 Å². The minimum atomic E-state index is -0.467. The standard InChI is InChI=1S/C14H17N5O2/c1-14(7-8-21-11-6-4-3-5-10(11)14)17-13(20)16-12-9-15-18-19(12)2/h3-6,9H,7-8H2,1-2H3,(H2,16,17,20). The predicted octanol–water partition coefficient (Wildman–Crippen LogP) is 1.63. The van der Waals surface area contributed by atoms with Crippen LogP contribution in [0.3, 0.4) is 0 Å². The highest BCUT2D eigenvalue weighted by molar-refractivity contribution is 5.88. The third-order valence-corrected chi connectivity index (χ3v) is 3.69. The maximum Gasteiger partial charge on any atom is 0.321 e. The quantitative estimate of drug-likeness (QED) is 0.879. The summed E-state index contributed by atoms with van der Waals surface area (Å²) >= 11 is 0. The Morgan fingerprint density at radius 2 is 2.24 bits per heavy atom. The van der Waals surface area contributed by atoms with Crippen molar-refractivity contribution >= 4 is 11.8 Å². The molecule has 21 heavy (non-hydrogen) atoms. The van der Waals surface area contributed by atoms with E-state index in [0.29, 0.717) is 18.8 Å². The lowest BCUT2D eigenvalue weighted by atomic mass is 9.86. The topological polar surface area (TPSA) is 81.1 Å². The minimum absolute atomic E-state index is 0.292. The van der Waals surface area contributed by atoms with Gasteiger partial charge in [0.25, 0.3) is 0 Å². The number of para-hydroxylation sites is 1. The Balaban J connectivity index is 1.78. The number of nitrogens with one attached hydrogen (secondary N) is 2. The molecular formula is C14H17N5O2. The summed E-state index contributed by atoms with van der Waals surface area (Å²) in [5, 5.41) is 13.3. The Kier molecular flexibility index (Phi) is 3.25. The van der Waals surface area contributed by atoms with Gasteiger partial charge in [-0.25, -0.2) is 9.48 Å². The molecule has 110 valence electrons. The van der Waals surface area contributed by atoms with Crippen LogP contribution in [-0.4, -0.2) is 27.6 Å². The second-order valence-electron chi connectivity index (χ2n) is 5.25. The fourth-order valence-electron chi connectivity index (χ4n) is 2.48. The number of carbonyl (C=O) groups excluding carboxylic acids is 1. The number of carbonyl (C=O) groups is 1. The van der Waals surface area contributed by atoms with Gasteiger partial charge in [-0.15, -0.1) is 5.10 Å². The third-order valence-electron chi connectivity index (χ3n) is 3.69. The molecule has 2 amide bonds. The van der Waals surface area contributed by atoms with E-state index in [1.807, 2.05) is 31.2 Å². The lowest BCUT2D eigenvalue weighted by Gasteiger charge is -2.36. The zero-order valence-corrected chi connectivity index (χ0v) is 12.0. The molecule has 1 atom stereocenters. The molecule has 1 aliphatic heterocycles. The van der Waals surface area contributed by atoms with E-state index in [2.05, 4.69) is 20.9 Å². The highest BCUT2D eigenvalue weighted by Crippen LogP contribution is 2.36. The van der Waals surface area contributed by atoms with Crippen LogP contribution in [0.25, 0.3) is 0 Å². The van der Waals surface area contributed by atoms with Crippen molar-refractivity contribution in [2.45, 2.75) is 18.9 Å². The molecule has 2 aromatic rings. The largest absolute Gasteiger partial charge is 0.493 e. The van der Waals surface area contributed by atoms with Gasteiger partial charge < -0.3 is 10.1 Å². The number of ether oxygens (including phenoxy) is 1. The molecule has 2 heterocycles. The van der Waals surface area contributed by atoms with E-state index >= 15 is 0 Å². The smallest absolute Gasteiger partial charge is 0.321 e. The van der Waals surface area contributed by atoms with Crippen molar-refractivity contribution < 1.29 is 9.53 Å². The van der Waals surface area contributed by atoms with Gasteiger partial charge in [-0.05, 0) is 13.0 Å². The number of aromatic nitrogens is 3. The number of fused-ring (bicyclic) bond motifs is 1. The highest BCUT2D eigenvalue weighted by atomic mass is 16.5. The summed E-state index contributed by atoms with van der Waals surface area (Å²) in [7, 11) is 1.72. The zero-order valence-electron chi connectivity index (χ0n) is 12.0. The fraction of sp³-hybridized carbons (Fsp3) is 0.357. The van der Waals surface area contributed by atoms with Gasteiger partial charge in [0, 0.05) is 19.0 Å². The fourth-order valence-corrected chi connectivity index (χ4v) is 2.48. The van der Waals surface area contributed by atoms with E-state index in [1.54, 1.807) is 7.05 Å². The molecule has 0 radical (unpaired) electrons. The molecule has 0 bridgehead atoms. The number of hydrogen-bond donors (Lipinski definition) is 2. The molecule has 0 saturated heterocycles. The second kappa shape index (κ2) is 5.08. The van der Waals surface area contributed by atoms with Crippen molar-refractivity contribution in [2.24, 2.45) is 7.05 Å². The molecule has 7 nitrogen and oxygen atoms in total. The van der Waals surface area contributed by atoms with Crippen LogP contribution < -0.4 is 15.4 Å². The summed E-state index contributed by atoms with van der Waals surface area (Å²) in [6.45, 7) is 2.57. The molecule has 0 fully saturated rings. The van der Waals surface area contributed by atoms with E-state index < -0.39 is 5.54 Å². The molecule has 0 spiro atoms. The zero-order chi connectivity index (χ0) is 14.9. The molecule has 3 rings (SSSR count). The van der Waals surface area contributed by atoms with E-state index in [-0.39, 0.29) is 6.03 Å². The lowest BCUT2D eigenvalue weighted by molar-refractivity contribution is 0.194. The van der Waals surface area contributed by atoms with Gasteiger partial charge >= 0.3 is 6.03 Å². The number of aryl methyl sites for hydroxylation is 1. The van der Waals surface area contributed by atoms with Crippen molar-refractivity contribution in [1.29, 1.82) is 0 Å². The number of benzene rings is 1. The molecule has 1 aromatic heterocycles. The Labute approximate surface area is 122 Å². The van der Waals surface area contributed by atoms with E-state index in [4.69, 9.17) is 4.74 Å². The number of nitrogens with zero attached hydrogens (tertiary/aromatic N) is 3. The second-order valence-corrected chi connectivity index (χ2v) is 5.25. The Morgan fingerprint density at radius 3 is 3.00 bits per heavy atom. The predicted molar refractivity (Wildman–Crippen MR) is 77.1 cm³/mol. The monoisotopic (exact) mass is 287 g/mol. The molecule has 2 N–H and O–H groups in total. The Bertz CT molecular complexity index is 669. The average Bonchev–Trinajstić information content (AvgIpc) is 2.84. The van der Waals surface area contributed by atoms with Crippen molar-refractivity contribution in [3.63, 3.8) is 0 Å². The maximum absolute atomic E-state index is 12.2. The number of amides is 2. The molecule has 7 heteroatoms. The van der Waals surface area contributed by atoms with Gasteiger partial charge in [0.2, 0.25) is 0 Å². The number of anilines is 1. The van der Waals surface area contributed by atoms with Crippen molar-refractivity contribution in [1.82, 2.24) is 20.3 Å². The molecular weight excluding hydrogens is 270 g/mol. The van der Waals surface area contributed by atoms with Crippen LogP contribution in [0.15, 0.2) is 30.5 Å². The van der Waals surface area contributed by atoms with Gasteiger partial charge in [0.1, 0.15) is 5.75 Å². The van der Waals surface area contributed by atoms with Crippen LogP contribution in [0.5, 0.6) is 5.75 Å². The third kappa shape index (κ3) is 2.54. The van der Waals surface area contributed by atoms with Gasteiger partial charge in [-0.1, -0.05) is 23.4 Å². The molecule has 1 unspecified atom stereocenters. The first-order valence-corrected chi connectivity index (χ1v) is 6.75. The van der Waals surface area contributed by atoms with Crippen LogP contribution in [0.1, 0.15) is 18.9 Å². The highest BCUT2D eigenvalue weighted by Gasteiger charge is 2.34. The summed E-state index contributed by atoms with van der Waals surface area (Å²) in [5.74, 6) is 1.35. The molecule has 1 aliphatic rings. The van der Waals surface area contributed by atoms with Gasteiger partial charge in [0.15, 0.2) is 5.82 Å². The summed E-state index contributed by atoms with van der Waals surface area (Å²) in [6.07, 6.45) is 2.21. The van der Waals surface area contributed by atoms with Crippen LogP contribution in [0, 0.1) is 0 Å². The first-order chi connectivity index (χ1) is 10.1. The number of urea groups is 1. The van der Waals surface area contributed by atoms with E-state index in [1.165, 1.54) is 10.9 Å². The van der Waals surface area contributed by atoms with Crippen molar-refractivity contribution in [3.05, 3.63) is 36.0 Å². The normalized spacial score (nSPS) is 20.3. The van der Waals surface area contributed by atoms with Gasteiger partial charge in [0.05, 0.1) is 18.3 Å². The molecule has 1 aromatic carbocycles. The SMILES string of the molecule is Cn1nncc1NC(=O)NC1(C)CCOc2ccccc21. The summed E-state index contributed by atoms with van der Waals surface area (Å²) in [6, 6.07) is 7.46. The van der Waals surface area contributed by atoms with E-state index in [9.17, 15) is 4.79 Å². The molecule has 0 aliphatic carbocycles. The van der Waals surface area contributed by atoms with Gasteiger partial charge in [-0.2, -0.15) is 0 Å². The van der Waals surface area contributed by atoms with Crippen LogP contribution in [0.2, 0.25) is 0 Å². The van der Waals surface area contributed by atoms with Gasteiger partial charge in [-0.3, -0.25) is 5.32 Å². The summed E-state index contributed by atoms with van der Waals surface area (Å²) < 4.78 is 7.13. The lowest BCUT2D eigenvalue weighted by Crippen LogP contribution is -2.48.